The van der Waals surface area contributed by atoms with Crippen LogP contribution in [0.5, 0.6) is 11.5 Å². The summed E-state index contributed by atoms with van der Waals surface area (Å²) in [4.78, 5) is 36.8. The summed E-state index contributed by atoms with van der Waals surface area (Å²) in [5.41, 5.74) is 0.532. The summed E-state index contributed by atoms with van der Waals surface area (Å²) in [7, 11) is 0. The summed E-state index contributed by atoms with van der Waals surface area (Å²) in [6.45, 7) is 3.53. The SMILES string of the molecule is CCOc1cc(C=NN2C(=O)[C@@H]3[C@H](C2=O)[C@H]2C=C[C@H]3C2)c(Br)c(Br)c1O[C@H](C)C(=O)O. The molecule has 1 heterocycles. The molecule has 2 amide bonds. The molecular formula is C21H20Br2N2O6. The van der Waals surface area contributed by atoms with Crippen LogP contribution in [0.1, 0.15) is 25.8 Å². The molecule has 10 heteroatoms. The fourth-order valence-corrected chi connectivity index (χ4v) is 5.33. The number of benzene rings is 1. The second kappa shape index (κ2) is 8.38. The predicted molar refractivity (Wildman–Crippen MR) is 118 cm³/mol. The average molecular weight is 556 g/mol. The van der Waals surface area contributed by atoms with E-state index in [4.69, 9.17) is 14.6 Å². The zero-order valence-electron chi connectivity index (χ0n) is 16.7. The maximum atomic E-state index is 12.8. The van der Waals surface area contributed by atoms with Crippen LogP contribution in [0, 0.1) is 23.7 Å². The Balaban J connectivity index is 1.63. The number of carbonyl (C=O) groups excluding carboxylic acids is 2. The van der Waals surface area contributed by atoms with E-state index in [2.05, 4.69) is 37.0 Å². The largest absolute Gasteiger partial charge is 0.490 e. The van der Waals surface area contributed by atoms with E-state index in [1.165, 1.54) is 13.1 Å². The molecule has 2 fully saturated rings. The van der Waals surface area contributed by atoms with Gasteiger partial charge in [-0.25, -0.2) is 4.79 Å². The van der Waals surface area contributed by atoms with Gasteiger partial charge in [0.05, 0.1) is 29.1 Å². The molecule has 0 radical (unpaired) electrons. The topological polar surface area (TPSA) is 106 Å². The van der Waals surface area contributed by atoms with E-state index in [1.54, 1.807) is 13.0 Å². The lowest BCUT2D eigenvalue weighted by Gasteiger charge is -2.18. The number of nitrogens with zero attached hydrogens (tertiary/aromatic N) is 2. The van der Waals surface area contributed by atoms with Gasteiger partial charge in [0.25, 0.3) is 11.8 Å². The number of aliphatic carboxylic acids is 1. The van der Waals surface area contributed by atoms with Crippen LogP contribution in [0.15, 0.2) is 32.3 Å². The van der Waals surface area contributed by atoms with Crippen molar-refractivity contribution in [1.29, 1.82) is 0 Å². The van der Waals surface area contributed by atoms with Gasteiger partial charge in [-0.05, 0) is 70.0 Å². The number of fused-ring (bicyclic) bond motifs is 5. The molecule has 1 saturated heterocycles. The molecule has 1 aliphatic heterocycles. The quantitative estimate of drug-likeness (QED) is 0.313. The van der Waals surface area contributed by atoms with Crippen molar-refractivity contribution in [3.05, 3.63) is 32.7 Å². The minimum Gasteiger partial charge on any atom is -0.490 e. The second-order valence-electron chi connectivity index (χ2n) is 7.69. The van der Waals surface area contributed by atoms with Gasteiger partial charge >= 0.3 is 5.97 Å². The van der Waals surface area contributed by atoms with Crippen LogP contribution >= 0.6 is 31.9 Å². The fourth-order valence-electron chi connectivity index (χ4n) is 4.42. The van der Waals surface area contributed by atoms with Crippen LogP contribution in [-0.4, -0.2) is 46.8 Å². The Morgan fingerprint density at radius 3 is 2.42 bits per heavy atom. The molecule has 5 atom stereocenters. The van der Waals surface area contributed by atoms with Crippen molar-refractivity contribution < 1.29 is 29.0 Å². The molecule has 3 aliphatic rings. The van der Waals surface area contributed by atoms with Crippen LogP contribution in [0.25, 0.3) is 0 Å². The number of carboxylic acid groups (broad SMARTS) is 1. The number of halogens is 2. The van der Waals surface area contributed by atoms with Crippen molar-refractivity contribution in [2.45, 2.75) is 26.4 Å². The lowest BCUT2D eigenvalue weighted by Crippen LogP contribution is -2.28. The number of ether oxygens (including phenoxy) is 2. The standard InChI is InChI=1S/C21H20Br2N2O6/c1-3-30-13-7-12(16(22)17(23)18(13)31-9(2)21(28)29)8-24-25-19(26)14-10-4-5-11(6-10)15(14)20(25)27/h4-5,7-11,14-15H,3,6H2,1-2H3,(H,28,29)/t9-,10+,11+,14-,15+/m1/s1. The third kappa shape index (κ3) is 3.69. The van der Waals surface area contributed by atoms with Crippen LogP contribution < -0.4 is 9.47 Å². The fraction of sp³-hybridized carbons (Fsp3) is 0.429. The third-order valence-electron chi connectivity index (χ3n) is 5.86. The van der Waals surface area contributed by atoms with Gasteiger partial charge in [-0.2, -0.15) is 10.1 Å². The molecule has 2 aliphatic carbocycles. The van der Waals surface area contributed by atoms with E-state index >= 15 is 0 Å². The summed E-state index contributed by atoms with van der Waals surface area (Å²) in [6, 6.07) is 1.61. The lowest BCUT2D eigenvalue weighted by atomic mass is 9.85. The van der Waals surface area contributed by atoms with Gasteiger partial charge < -0.3 is 14.6 Å². The number of carbonyl (C=O) groups is 3. The number of hydrogen-bond donors (Lipinski definition) is 1. The van der Waals surface area contributed by atoms with E-state index in [-0.39, 0.29) is 41.2 Å². The molecule has 1 aromatic carbocycles. The first-order valence-corrected chi connectivity index (χ1v) is 11.5. The molecule has 31 heavy (non-hydrogen) atoms. The number of imide groups is 1. The van der Waals surface area contributed by atoms with Gasteiger partial charge in [0.15, 0.2) is 17.6 Å². The van der Waals surface area contributed by atoms with Gasteiger partial charge in [0.2, 0.25) is 0 Å². The first-order chi connectivity index (χ1) is 14.7. The summed E-state index contributed by atoms with van der Waals surface area (Å²) in [6.07, 6.45) is 5.24. The molecule has 164 valence electrons. The molecule has 2 bridgehead atoms. The Hall–Kier alpha value is -2.20. The lowest BCUT2D eigenvalue weighted by molar-refractivity contribution is -0.144. The minimum atomic E-state index is -1.11. The highest BCUT2D eigenvalue weighted by atomic mass is 79.9. The van der Waals surface area contributed by atoms with Crippen molar-refractivity contribution in [3.63, 3.8) is 0 Å². The number of hydrogen-bond acceptors (Lipinski definition) is 6. The molecule has 1 aromatic rings. The summed E-state index contributed by atoms with van der Waals surface area (Å²) >= 11 is 6.85. The Morgan fingerprint density at radius 1 is 1.26 bits per heavy atom. The smallest absolute Gasteiger partial charge is 0.344 e. The van der Waals surface area contributed by atoms with Crippen molar-refractivity contribution in [2.75, 3.05) is 6.61 Å². The van der Waals surface area contributed by atoms with Gasteiger partial charge in [-0.15, -0.1) is 0 Å². The number of allylic oxidation sites excluding steroid dienone is 2. The van der Waals surface area contributed by atoms with Crippen LogP contribution in [0.2, 0.25) is 0 Å². The zero-order valence-corrected chi connectivity index (χ0v) is 19.9. The first-order valence-electron chi connectivity index (χ1n) is 9.88. The van der Waals surface area contributed by atoms with Crippen LogP contribution in [0.4, 0.5) is 0 Å². The molecule has 4 rings (SSSR count). The van der Waals surface area contributed by atoms with E-state index < -0.39 is 12.1 Å². The highest BCUT2D eigenvalue weighted by Crippen LogP contribution is 2.52. The number of hydrazone groups is 1. The van der Waals surface area contributed by atoms with Gasteiger partial charge in [-0.3, -0.25) is 9.59 Å². The maximum absolute atomic E-state index is 12.8. The molecule has 0 spiro atoms. The second-order valence-corrected chi connectivity index (χ2v) is 9.27. The van der Waals surface area contributed by atoms with Gasteiger partial charge in [-0.1, -0.05) is 12.2 Å². The van der Waals surface area contributed by atoms with Crippen molar-refractivity contribution >= 4 is 55.9 Å². The molecule has 0 unspecified atom stereocenters. The Labute approximate surface area is 195 Å². The third-order valence-corrected chi connectivity index (χ3v) is 8.00. The highest BCUT2D eigenvalue weighted by molar-refractivity contribution is 9.13. The molecule has 1 saturated carbocycles. The number of amides is 2. The predicted octanol–water partition coefficient (Wildman–Crippen LogP) is 3.60. The van der Waals surface area contributed by atoms with Crippen LogP contribution in [-0.2, 0) is 14.4 Å². The van der Waals surface area contributed by atoms with Gasteiger partial charge in [0, 0.05) is 10.0 Å². The van der Waals surface area contributed by atoms with Crippen molar-refractivity contribution in [2.24, 2.45) is 28.8 Å². The zero-order chi connectivity index (χ0) is 22.4. The normalized spacial score (nSPS) is 27.3. The van der Waals surface area contributed by atoms with Crippen molar-refractivity contribution in [1.82, 2.24) is 5.01 Å². The Bertz CT molecular complexity index is 994. The van der Waals surface area contributed by atoms with E-state index in [0.717, 1.165) is 11.4 Å². The first kappa shape index (κ1) is 22.0. The highest BCUT2D eigenvalue weighted by Gasteiger charge is 2.59. The summed E-state index contributed by atoms with van der Waals surface area (Å²) in [5.74, 6) is -1.51. The molecule has 1 N–H and O–H groups in total. The summed E-state index contributed by atoms with van der Waals surface area (Å²) in [5, 5.41) is 14.3. The molecule has 8 nitrogen and oxygen atoms in total. The average Bonchev–Trinajstić information content (AvgIpc) is 3.41. The van der Waals surface area contributed by atoms with Crippen LogP contribution in [0.3, 0.4) is 0 Å². The molecule has 0 aromatic heterocycles. The molecular weight excluding hydrogens is 536 g/mol. The van der Waals surface area contributed by atoms with E-state index in [1.807, 2.05) is 12.2 Å². The summed E-state index contributed by atoms with van der Waals surface area (Å²) < 4.78 is 12.1. The Kier molecular flexibility index (Phi) is 5.95. The van der Waals surface area contributed by atoms with E-state index in [9.17, 15) is 14.4 Å². The monoisotopic (exact) mass is 554 g/mol. The maximum Gasteiger partial charge on any atom is 0.344 e. The number of rotatable bonds is 7. The minimum absolute atomic E-state index is 0.116. The van der Waals surface area contributed by atoms with E-state index in [0.29, 0.717) is 26.9 Å². The van der Waals surface area contributed by atoms with Gasteiger partial charge in [0.1, 0.15) is 0 Å². The Morgan fingerprint density at radius 2 is 1.87 bits per heavy atom. The van der Waals surface area contributed by atoms with Crippen molar-refractivity contribution in [3.8, 4) is 11.5 Å². The number of carboxylic acids is 1.